The number of piperidine rings is 1. The number of nitrogens with zero attached hydrogens (tertiary/aromatic N) is 1. The van der Waals surface area contributed by atoms with E-state index in [4.69, 9.17) is 4.74 Å². The molecule has 0 saturated carbocycles. The van der Waals surface area contributed by atoms with Gasteiger partial charge in [-0.1, -0.05) is 30.3 Å². The molecule has 5 heteroatoms. The fourth-order valence-corrected chi connectivity index (χ4v) is 5.20. The van der Waals surface area contributed by atoms with Crippen molar-refractivity contribution in [1.29, 1.82) is 0 Å². The molecule has 27 heavy (non-hydrogen) atoms. The average Bonchev–Trinajstić information content (AvgIpc) is 3.29. The lowest BCUT2D eigenvalue weighted by atomic mass is 9.90. The molecule has 1 saturated heterocycles. The summed E-state index contributed by atoms with van der Waals surface area (Å²) < 4.78 is 5.28. The van der Waals surface area contributed by atoms with Crippen molar-refractivity contribution in [2.75, 3.05) is 19.7 Å². The topological polar surface area (TPSA) is 46.6 Å². The fourth-order valence-electron chi connectivity index (χ4n) is 4.05. The highest BCUT2D eigenvalue weighted by Gasteiger charge is 2.25. The van der Waals surface area contributed by atoms with E-state index in [0.717, 1.165) is 45.2 Å². The number of amides is 1. The van der Waals surface area contributed by atoms with Crippen LogP contribution in [0.3, 0.4) is 0 Å². The predicted octanol–water partition coefficient (Wildman–Crippen LogP) is 3.87. The van der Waals surface area contributed by atoms with Crippen molar-refractivity contribution in [3.63, 3.8) is 0 Å². The first-order valence-corrected chi connectivity index (χ1v) is 10.6. The third kappa shape index (κ3) is 4.41. The van der Waals surface area contributed by atoms with Gasteiger partial charge in [0, 0.05) is 18.0 Å². The number of esters is 1. The zero-order valence-electron chi connectivity index (χ0n) is 15.5. The number of aryl methyl sites for hydroxylation is 2. The van der Waals surface area contributed by atoms with Crippen molar-refractivity contribution < 1.29 is 14.3 Å². The smallest absolute Gasteiger partial charge is 0.348 e. The molecule has 0 radical (unpaired) electrons. The molecule has 0 N–H and O–H groups in total. The van der Waals surface area contributed by atoms with Gasteiger partial charge < -0.3 is 9.64 Å². The Morgan fingerprint density at radius 1 is 1.11 bits per heavy atom. The molecule has 2 aromatic rings. The van der Waals surface area contributed by atoms with Crippen LogP contribution in [0.25, 0.3) is 0 Å². The van der Waals surface area contributed by atoms with Crippen LogP contribution in [0.5, 0.6) is 0 Å². The highest BCUT2D eigenvalue weighted by atomic mass is 32.1. The van der Waals surface area contributed by atoms with Gasteiger partial charge in [-0.3, -0.25) is 4.79 Å². The maximum atomic E-state index is 12.4. The Hall–Kier alpha value is -2.14. The zero-order chi connectivity index (χ0) is 18.6. The van der Waals surface area contributed by atoms with Crippen molar-refractivity contribution in [3.05, 3.63) is 57.3 Å². The monoisotopic (exact) mass is 383 g/mol. The van der Waals surface area contributed by atoms with E-state index in [-0.39, 0.29) is 18.5 Å². The third-order valence-electron chi connectivity index (χ3n) is 5.61. The average molecular weight is 384 g/mol. The molecule has 142 valence electrons. The van der Waals surface area contributed by atoms with Crippen LogP contribution in [0.15, 0.2) is 36.4 Å². The maximum absolute atomic E-state index is 12.4. The molecule has 1 aromatic heterocycles. The summed E-state index contributed by atoms with van der Waals surface area (Å²) in [5.74, 6) is 0.180. The van der Waals surface area contributed by atoms with Crippen LogP contribution < -0.4 is 0 Å². The molecule has 1 aliphatic heterocycles. The van der Waals surface area contributed by atoms with E-state index in [0.29, 0.717) is 10.8 Å². The number of benzene rings is 1. The number of ether oxygens (including phenoxy) is 1. The number of thiophene rings is 1. The van der Waals surface area contributed by atoms with Crippen LogP contribution >= 0.6 is 11.3 Å². The molecular formula is C22H25NO3S. The van der Waals surface area contributed by atoms with Gasteiger partial charge in [0.25, 0.3) is 5.91 Å². The number of carbonyl (C=O) groups is 2. The van der Waals surface area contributed by atoms with E-state index in [1.165, 1.54) is 33.8 Å². The molecule has 4 rings (SSSR count). The third-order valence-corrected chi connectivity index (χ3v) is 6.83. The molecule has 2 heterocycles. The SMILES string of the molecule is O=C(OCC(=O)N1CCC(Cc2ccccc2)CC1)c1cc2c(s1)CCC2. The molecule has 1 fully saturated rings. The Balaban J connectivity index is 1.21. The summed E-state index contributed by atoms with van der Waals surface area (Å²) in [5.41, 5.74) is 2.64. The lowest BCUT2D eigenvalue weighted by molar-refractivity contribution is -0.135. The van der Waals surface area contributed by atoms with Gasteiger partial charge in [0.15, 0.2) is 6.61 Å². The Kier molecular flexibility index (Phi) is 5.58. The summed E-state index contributed by atoms with van der Waals surface area (Å²) in [6, 6.07) is 12.5. The first-order chi connectivity index (χ1) is 13.2. The predicted molar refractivity (Wildman–Crippen MR) is 106 cm³/mol. The van der Waals surface area contributed by atoms with Crippen molar-refractivity contribution in [2.24, 2.45) is 5.92 Å². The second kappa shape index (κ2) is 8.26. The summed E-state index contributed by atoms with van der Waals surface area (Å²) >= 11 is 1.52. The van der Waals surface area contributed by atoms with E-state index < -0.39 is 0 Å². The van der Waals surface area contributed by atoms with E-state index in [1.807, 2.05) is 17.0 Å². The van der Waals surface area contributed by atoms with E-state index in [1.54, 1.807) is 0 Å². The van der Waals surface area contributed by atoms with Crippen molar-refractivity contribution >= 4 is 23.2 Å². The number of carbonyl (C=O) groups excluding carboxylic acids is 2. The van der Waals surface area contributed by atoms with E-state index >= 15 is 0 Å². The van der Waals surface area contributed by atoms with Gasteiger partial charge in [-0.25, -0.2) is 4.79 Å². The molecule has 1 aromatic carbocycles. The summed E-state index contributed by atoms with van der Waals surface area (Å²) in [6.45, 7) is 1.35. The van der Waals surface area contributed by atoms with Gasteiger partial charge in [0.1, 0.15) is 4.88 Å². The molecular weight excluding hydrogens is 358 g/mol. The molecule has 2 aliphatic rings. The van der Waals surface area contributed by atoms with Crippen molar-refractivity contribution in [1.82, 2.24) is 4.90 Å². The minimum Gasteiger partial charge on any atom is -0.451 e. The lowest BCUT2D eigenvalue weighted by Crippen LogP contribution is -2.41. The van der Waals surface area contributed by atoms with Gasteiger partial charge in [-0.05, 0) is 61.6 Å². The summed E-state index contributed by atoms with van der Waals surface area (Å²) in [5, 5.41) is 0. The summed E-state index contributed by atoms with van der Waals surface area (Å²) in [4.78, 5) is 28.4. The number of likely N-dealkylation sites (tertiary alicyclic amines) is 1. The molecule has 0 bridgehead atoms. The van der Waals surface area contributed by atoms with Crippen molar-refractivity contribution in [3.8, 4) is 0 Å². The standard InChI is InChI=1S/C22H25NO3S/c24-21(15-26-22(25)20-14-18-7-4-8-19(18)27-20)23-11-9-17(10-12-23)13-16-5-2-1-3-6-16/h1-3,5-6,14,17H,4,7-13,15H2. The minimum absolute atomic E-state index is 0.0781. The molecule has 0 atom stereocenters. The van der Waals surface area contributed by atoms with Crippen LogP contribution in [-0.4, -0.2) is 36.5 Å². The number of hydrogen-bond donors (Lipinski definition) is 0. The Morgan fingerprint density at radius 3 is 2.63 bits per heavy atom. The number of rotatable bonds is 5. The zero-order valence-corrected chi connectivity index (χ0v) is 16.3. The number of fused-ring (bicyclic) bond motifs is 1. The Morgan fingerprint density at radius 2 is 1.89 bits per heavy atom. The van der Waals surface area contributed by atoms with Gasteiger partial charge in [-0.15, -0.1) is 11.3 Å². The van der Waals surface area contributed by atoms with Crippen molar-refractivity contribution in [2.45, 2.75) is 38.5 Å². The normalized spacial score (nSPS) is 17.0. The summed E-state index contributed by atoms with van der Waals surface area (Å²) in [6.07, 6.45) is 6.37. The minimum atomic E-state index is -0.360. The fraction of sp³-hybridized carbons (Fsp3) is 0.455. The van der Waals surface area contributed by atoms with Crippen LogP contribution in [0.1, 0.15) is 44.9 Å². The Bertz CT molecular complexity index is 785. The summed E-state index contributed by atoms with van der Waals surface area (Å²) in [7, 11) is 0. The maximum Gasteiger partial charge on any atom is 0.348 e. The van der Waals surface area contributed by atoms with Crippen LogP contribution in [0, 0.1) is 5.92 Å². The largest absolute Gasteiger partial charge is 0.451 e. The second-order valence-corrected chi connectivity index (χ2v) is 8.64. The molecule has 0 unspecified atom stereocenters. The second-order valence-electron chi connectivity index (χ2n) is 7.50. The lowest BCUT2D eigenvalue weighted by Gasteiger charge is -2.32. The van der Waals surface area contributed by atoms with E-state index in [2.05, 4.69) is 24.3 Å². The van der Waals surface area contributed by atoms with Gasteiger partial charge in [0.2, 0.25) is 0 Å². The molecule has 4 nitrogen and oxygen atoms in total. The van der Waals surface area contributed by atoms with Gasteiger partial charge in [-0.2, -0.15) is 0 Å². The van der Waals surface area contributed by atoms with E-state index in [9.17, 15) is 9.59 Å². The molecule has 1 amide bonds. The molecule has 1 aliphatic carbocycles. The highest BCUT2D eigenvalue weighted by Crippen LogP contribution is 2.31. The Labute approximate surface area is 164 Å². The van der Waals surface area contributed by atoms with Crippen LogP contribution in [-0.2, 0) is 28.8 Å². The quantitative estimate of drug-likeness (QED) is 0.736. The number of hydrogen-bond acceptors (Lipinski definition) is 4. The molecule has 0 spiro atoms. The first-order valence-electron chi connectivity index (χ1n) is 9.79. The first kappa shape index (κ1) is 18.2. The highest BCUT2D eigenvalue weighted by molar-refractivity contribution is 7.14. The van der Waals surface area contributed by atoms with Gasteiger partial charge in [0.05, 0.1) is 0 Å². The van der Waals surface area contributed by atoms with Gasteiger partial charge >= 0.3 is 5.97 Å². The van der Waals surface area contributed by atoms with Crippen LogP contribution in [0.4, 0.5) is 0 Å². The van der Waals surface area contributed by atoms with Crippen LogP contribution in [0.2, 0.25) is 0 Å².